The maximum atomic E-state index is 12.3. The van der Waals surface area contributed by atoms with Crippen LogP contribution in [-0.4, -0.2) is 27.5 Å². The molecule has 2 aromatic heterocycles. The van der Waals surface area contributed by atoms with E-state index in [4.69, 9.17) is 4.42 Å². The number of para-hydroxylation sites is 1. The molecule has 2 bridgehead atoms. The van der Waals surface area contributed by atoms with Gasteiger partial charge >= 0.3 is 0 Å². The first kappa shape index (κ1) is 12.4. The maximum absolute atomic E-state index is 12.3. The monoisotopic (exact) mass is 295 g/mol. The highest BCUT2D eigenvalue weighted by Crippen LogP contribution is 2.37. The van der Waals surface area contributed by atoms with Gasteiger partial charge in [0.15, 0.2) is 0 Å². The normalized spacial score (nSPS) is 24.7. The van der Waals surface area contributed by atoms with Gasteiger partial charge in [0.1, 0.15) is 16.9 Å². The first-order valence-electron chi connectivity index (χ1n) is 7.92. The summed E-state index contributed by atoms with van der Waals surface area (Å²) in [4.78, 5) is 22.3. The number of hydrogen-bond donors (Lipinski definition) is 1. The molecule has 1 aromatic carbocycles. The van der Waals surface area contributed by atoms with Gasteiger partial charge in [-0.2, -0.15) is 0 Å². The number of fused-ring (bicyclic) bond motifs is 5. The van der Waals surface area contributed by atoms with Crippen molar-refractivity contribution in [3.63, 3.8) is 0 Å². The summed E-state index contributed by atoms with van der Waals surface area (Å²) in [6, 6.07) is 8.34. The van der Waals surface area contributed by atoms with Gasteiger partial charge in [0.25, 0.3) is 5.56 Å². The lowest BCUT2D eigenvalue weighted by atomic mass is 10.1. The smallest absolute Gasteiger partial charge is 0.294 e. The maximum Gasteiger partial charge on any atom is 0.294 e. The number of H-pyrrole nitrogens is 1. The number of nitrogens with one attached hydrogen (secondary N) is 1. The number of rotatable bonds is 2. The number of benzene rings is 1. The van der Waals surface area contributed by atoms with Crippen molar-refractivity contribution < 1.29 is 4.42 Å². The summed E-state index contributed by atoms with van der Waals surface area (Å²) in [6.45, 7) is 1.87. The topological polar surface area (TPSA) is 62.1 Å². The van der Waals surface area contributed by atoms with Gasteiger partial charge in [-0.3, -0.25) is 9.69 Å². The van der Waals surface area contributed by atoms with Gasteiger partial charge in [-0.1, -0.05) is 12.1 Å². The van der Waals surface area contributed by atoms with Gasteiger partial charge in [0, 0.05) is 18.0 Å². The van der Waals surface area contributed by atoms with Crippen molar-refractivity contribution in [2.75, 3.05) is 6.54 Å². The molecule has 5 heteroatoms. The highest BCUT2D eigenvalue weighted by atomic mass is 16.3. The van der Waals surface area contributed by atoms with Crippen LogP contribution < -0.4 is 5.56 Å². The number of nitrogens with zero attached hydrogens (tertiary/aromatic N) is 2. The number of hydrogen-bond acceptors (Lipinski definition) is 4. The largest absolute Gasteiger partial charge is 0.449 e. The van der Waals surface area contributed by atoms with Gasteiger partial charge in [-0.15, -0.1) is 0 Å². The average molecular weight is 295 g/mol. The van der Waals surface area contributed by atoms with Crippen LogP contribution in [0.25, 0.3) is 22.1 Å². The third-order valence-corrected chi connectivity index (χ3v) is 5.16. The summed E-state index contributed by atoms with van der Waals surface area (Å²) in [5.74, 6) is 1.59. The molecule has 0 amide bonds. The van der Waals surface area contributed by atoms with E-state index in [9.17, 15) is 4.79 Å². The molecule has 3 aromatic rings. The first-order valence-corrected chi connectivity index (χ1v) is 7.92. The van der Waals surface area contributed by atoms with E-state index in [1.807, 2.05) is 24.3 Å². The Hall–Kier alpha value is -2.14. The van der Waals surface area contributed by atoms with E-state index >= 15 is 0 Å². The summed E-state index contributed by atoms with van der Waals surface area (Å²) in [5, 5.41) is 0.910. The Morgan fingerprint density at radius 1 is 1.32 bits per heavy atom. The molecule has 2 atom stereocenters. The van der Waals surface area contributed by atoms with Crippen LogP contribution >= 0.6 is 0 Å². The van der Waals surface area contributed by atoms with E-state index in [1.165, 1.54) is 19.3 Å². The fourth-order valence-electron chi connectivity index (χ4n) is 4.14. The molecule has 22 heavy (non-hydrogen) atoms. The van der Waals surface area contributed by atoms with Crippen LogP contribution in [0.4, 0.5) is 0 Å². The standard InChI is InChI=1S/C17H17N3O2/c21-17-16-15(12-3-1-2-4-13(12)22-16)18-14(19-17)9-20-8-10-5-6-11(20)7-10/h1-4,10-11H,5-9H2,(H,18,19,21). The Morgan fingerprint density at radius 3 is 3.05 bits per heavy atom. The fraction of sp³-hybridized carbons (Fsp3) is 0.412. The minimum Gasteiger partial charge on any atom is -0.449 e. The zero-order valence-corrected chi connectivity index (χ0v) is 12.2. The SMILES string of the molecule is O=c1[nH]c(CN2CC3CCC2C3)nc2c1oc1ccccc12. The molecule has 1 aliphatic carbocycles. The van der Waals surface area contributed by atoms with Gasteiger partial charge in [0.2, 0.25) is 5.58 Å². The van der Waals surface area contributed by atoms with Crippen molar-refractivity contribution in [1.29, 1.82) is 0 Å². The lowest BCUT2D eigenvalue weighted by Gasteiger charge is -2.25. The van der Waals surface area contributed by atoms with E-state index in [1.54, 1.807) is 0 Å². The second-order valence-corrected chi connectivity index (χ2v) is 6.55. The summed E-state index contributed by atoms with van der Waals surface area (Å²) in [5.41, 5.74) is 1.54. The summed E-state index contributed by atoms with van der Waals surface area (Å²) < 4.78 is 5.64. The molecule has 112 valence electrons. The third kappa shape index (κ3) is 1.75. The number of aromatic amines is 1. The van der Waals surface area contributed by atoms with Crippen LogP contribution in [0, 0.1) is 5.92 Å². The minimum absolute atomic E-state index is 0.180. The molecule has 2 fully saturated rings. The molecular formula is C17H17N3O2. The molecule has 2 aliphatic rings. The Labute approximate surface area is 126 Å². The van der Waals surface area contributed by atoms with Crippen molar-refractivity contribution in [1.82, 2.24) is 14.9 Å². The number of aromatic nitrogens is 2. The number of piperidine rings is 1. The zero-order chi connectivity index (χ0) is 14.7. The fourth-order valence-corrected chi connectivity index (χ4v) is 4.14. The van der Waals surface area contributed by atoms with E-state index < -0.39 is 0 Å². The van der Waals surface area contributed by atoms with E-state index in [-0.39, 0.29) is 5.56 Å². The molecular weight excluding hydrogens is 278 g/mol. The summed E-state index contributed by atoms with van der Waals surface area (Å²) >= 11 is 0. The molecule has 1 aliphatic heterocycles. The zero-order valence-electron chi connectivity index (χ0n) is 12.2. The second kappa shape index (κ2) is 4.43. The first-order chi connectivity index (χ1) is 10.8. The van der Waals surface area contributed by atoms with Crippen LogP contribution in [0.15, 0.2) is 33.5 Å². The van der Waals surface area contributed by atoms with Crippen LogP contribution in [0.1, 0.15) is 25.1 Å². The van der Waals surface area contributed by atoms with Crippen molar-refractivity contribution in [3.05, 3.63) is 40.4 Å². The van der Waals surface area contributed by atoms with Crippen molar-refractivity contribution in [2.45, 2.75) is 31.8 Å². The molecule has 3 heterocycles. The van der Waals surface area contributed by atoms with Crippen LogP contribution in [0.2, 0.25) is 0 Å². The molecule has 5 nitrogen and oxygen atoms in total. The third-order valence-electron chi connectivity index (χ3n) is 5.16. The molecule has 1 N–H and O–H groups in total. The van der Waals surface area contributed by atoms with Crippen molar-refractivity contribution >= 4 is 22.1 Å². The Balaban J connectivity index is 1.60. The molecule has 0 radical (unpaired) electrons. The number of likely N-dealkylation sites (tertiary alicyclic amines) is 1. The number of furan rings is 1. The van der Waals surface area contributed by atoms with Crippen LogP contribution in [-0.2, 0) is 6.54 Å². The van der Waals surface area contributed by atoms with E-state index in [0.29, 0.717) is 22.7 Å². The average Bonchev–Trinajstić information content (AvgIpc) is 3.21. The quantitative estimate of drug-likeness (QED) is 0.789. The van der Waals surface area contributed by atoms with E-state index in [2.05, 4.69) is 14.9 Å². The van der Waals surface area contributed by atoms with Gasteiger partial charge < -0.3 is 9.40 Å². The Morgan fingerprint density at radius 2 is 2.23 bits per heavy atom. The Bertz CT molecular complexity index is 926. The van der Waals surface area contributed by atoms with Gasteiger partial charge in [-0.25, -0.2) is 4.98 Å². The predicted molar refractivity (Wildman–Crippen MR) is 83.7 cm³/mol. The highest BCUT2D eigenvalue weighted by Gasteiger charge is 2.37. The van der Waals surface area contributed by atoms with Crippen LogP contribution in [0.5, 0.6) is 0 Å². The molecule has 5 rings (SSSR count). The second-order valence-electron chi connectivity index (χ2n) is 6.55. The summed E-state index contributed by atoms with van der Waals surface area (Å²) in [7, 11) is 0. The van der Waals surface area contributed by atoms with Gasteiger partial charge in [0.05, 0.1) is 6.54 Å². The summed E-state index contributed by atoms with van der Waals surface area (Å²) in [6.07, 6.45) is 3.95. The lowest BCUT2D eigenvalue weighted by molar-refractivity contribution is 0.200. The lowest BCUT2D eigenvalue weighted by Crippen LogP contribution is -2.32. The van der Waals surface area contributed by atoms with Crippen molar-refractivity contribution in [2.24, 2.45) is 5.92 Å². The van der Waals surface area contributed by atoms with Crippen molar-refractivity contribution in [3.8, 4) is 0 Å². The Kier molecular flexibility index (Phi) is 2.50. The molecule has 0 spiro atoms. The molecule has 1 saturated heterocycles. The molecule has 2 unspecified atom stereocenters. The minimum atomic E-state index is -0.180. The van der Waals surface area contributed by atoms with E-state index in [0.717, 1.165) is 30.2 Å². The highest BCUT2D eigenvalue weighted by molar-refractivity contribution is 6.01. The molecule has 1 saturated carbocycles. The van der Waals surface area contributed by atoms with Crippen LogP contribution in [0.3, 0.4) is 0 Å². The predicted octanol–water partition coefficient (Wildman–Crippen LogP) is 2.65. The van der Waals surface area contributed by atoms with Gasteiger partial charge in [-0.05, 0) is 37.3 Å².